The smallest absolute Gasteiger partial charge is 0.324 e. The van der Waals surface area contributed by atoms with E-state index in [4.69, 9.17) is 5.11 Å². The first kappa shape index (κ1) is 17.0. The molecule has 7 heteroatoms. The Morgan fingerprint density at radius 1 is 1.32 bits per heavy atom. The van der Waals surface area contributed by atoms with Crippen LogP contribution in [0.25, 0.3) is 0 Å². The summed E-state index contributed by atoms with van der Waals surface area (Å²) in [6.07, 6.45) is 2.38. The largest absolute Gasteiger partial charge is 0.481 e. The van der Waals surface area contributed by atoms with Gasteiger partial charge in [0.15, 0.2) is 5.82 Å². The van der Waals surface area contributed by atoms with Crippen LogP contribution in [0.15, 0.2) is 30.3 Å². The van der Waals surface area contributed by atoms with Crippen molar-refractivity contribution in [3.63, 3.8) is 0 Å². The van der Waals surface area contributed by atoms with Crippen LogP contribution in [0.5, 0.6) is 0 Å². The summed E-state index contributed by atoms with van der Waals surface area (Å²) in [7, 11) is 0. The van der Waals surface area contributed by atoms with Crippen LogP contribution in [0, 0.1) is 12.8 Å². The molecule has 0 bridgehead atoms. The first-order valence-corrected chi connectivity index (χ1v) is 8.37. The Morgan fingerprint density at radius 3 is 2.76 bits per heavy atom. The average Bonchev–Trinajstić information content (AvgIpc) is 3.30. The van der Waals surface area contributed by atoms with Crippen molar-refractivity contribution in [1.82, 2.24) is 9.78 Å². The van der Waals surface area contributed by atoms with E-state index in [1.54, 1.807) is 24.3 Å². The topological polar surface area (TPSA) is 96.2 Å². The Kier molecular flexibility index (Phi) is 4.74. The maximum absolute atomic E-state index is 12.2. The van der Waals surface area contributed by atoms with E-state index in [2.05, 4.69) is 22.7 Å². The number of rotatable bonds is 6. The lowest BCUT2D eigenvalue weighted by molar-refractivity contribution is -0.136. The van der Waals surface area contributed by atoms with Crippen LogP contribution in [-0.4, -0.2) is 26.9 Å². The van der Waals surface area contributed by atoms with Gasteiger partial charge in [0, 0.05) is 17.4 Å². The van der Waals surface area contributed by atoms with Gasteiger partial charge in [-0.25, -0.2) is 4.79 Å². The number of urea groups is 1. The second-order valence-electron chi connectivity index (χ2n) is 6.54. The number of carboxylic acids is 1. The summed E-state index contributed by atoms with van der Waals surface area (Å²) >= 11 is 0. The predicted octanol–water partition coefficient (Wildman–Crippen LogP) is 3.43. The molecule has 1 heterocycles. The second kappa shape index (κ2) is 6.96. The number of anilines is 2. The van der Waals surface area contributed by atoms with Gasteiger partial charge in [-0.2, -0.15) is 5.10 Å². The fraction of sp³-hybridized carbons (Fsp3) is 0.389. The fourth-order valence-electron chi connectivity index (χ4n) is 2.95. The number of carboxylic acid groups (broad SMARTS) is 1. The Bertz CT molecular complexity index is 795. The number of nitrogens with one attached hydrogen (secondary N) is 2. The molecule has 0 saturated heterocycles. The fourth-order valence-corrected chi connectivity index (χ4v) is 2.95. The maximum Gasteiger partial charge on any atom is 0.324 e. The van der Waals surface area contributed by atoms with Crippen LogP contribution in [0.4, 0.5) is 16.3 Å². The van der Waals surface area contributed by atoms with Crippen molar-refractivity contribution in [3.05, 3.63) is 41.6 Å². The molecule has 1 unspecified atom stereocenters. The molecule has 1 aromatic carbocycles. The van der Waals surface area contributed by atoms with Crippen LogP contribution in [0.2, 0.25) is 0 Å². The number of aryl methyl sites for hydroxylation is 1. The highest BCUT2D eigenvalue weighted by Gasteiger charge is 2.30. The summed E-state index contributed by atoms with van der Waals surface area (Å²) in [5.74, 6) is 0.272. The highest BCUT2D eigenvalue weighted by Crippen LogP contribution is 2.39. The molecule has 2 amide bonds. The summed E-state index contributed by atoms with van der Waals surface area (Å²) in [4.78, 5) is 22.9. The first-order valence-electron chi connectivity index (χ1n) is 8.37. The molecule has 1 saturated carbocycles. The molecule has 1 aromatic heterocycles. The third-order valence-electron chi connectivity index (χ3n) is 4.39. The highest BCUT2D eigenvalue weighted by molar-refractivity contribution is 5.99. The van der Waals surface area contributed by atoms with Crippen LogP contribution in [0.1, 0.15) is 37.1 Å². The standard InChI is InChI=1S/C18H22N4O3/c1-11-8-16(21-22(11)12(2)14-6-7-14)20-18(25)19-15-5-3-4-13(9-15)10-17(23)24/h3-5,8-9,12,14H,6-7,10H2,1-2H3,(H,23,24)(H2,19,20,21,25). The quantitative estimate of drug-likeness (QED) is 0.749. The third kappa shape index (κ3) is 4.37. The molecule has 2 aromatic rings. The SMILES string of the molecule is Cc1cc(NC(=O)Nc2cccc(CC(=O)O)c2)nn1C(C)C1CC1. The van der Waals surface area contributed by atoms with Crippen LogP contribution >= 0.6 is 0 Å². The highest BCUT2D eigenvalue weighted by atomic mass is 16.4. The Balaban J connectivity index is 1.63. The zero-order chi connectivity index (χ0) is 18.0. The van der Waals surface area contributed by atoms with Gasteiger partial charge in [-0.3, -0.25) is 14.8 Å². The number of nitrogens with zero attached hydrogens (tertiary/aromatic N) is 2. The zero-order valence-corrected chi connectivity index (χ0v) is 14.3. The van der Waals surface area contributed by atoms with Crippen LogP contribution in [0.3, 0.4) is 0 Å². The number of hydrogen-bond donors (Lipinski definition) is 3. The van der Waals surface area contributed by atoms with Gasteiger partial charge in [-0.15, -0.1) is 0 Å². The number of carbonyl (C=O) groups excluding carboxylic acids is 1. The van der Waals surface area contributed by atoms with Crippen LogP contribution < -0.4 is 10.6 Å². The molecule has 1 fully saturated rings. The lowest BCUT2D eigenvalue weighted by Gasteiger charge is -2.12. The minimum absolute atomic E-state index is 0.0835. The van der Waals surface area contributed by atoms with Gasteiger partial charge >= 0.3 is 12.0 Å². The van der Waals surface area contributed by atoms with Crippen LogP contribution in [-0.2, 0) is 11.2 Å². The monoisotopic (exact) mass is 342 g/mol. The number of hydrogen-bond acceptors (Lipinski definition) is 3. The molecule has 0 radical (unpaired) electrons. The van der Waals surface area contributed by atoms with E-state index in [1.165, 1.54) is 12.8 Å². The summed E-state index contributed by atoms with van der Waals surface area (Å²) < 4.78 is 1.96. The van der Waals surface area contributed by atoms with E-state index in [-0.39, 0.29) is 6.42 Å². The molecule has 1 atom stereocenters. The molecule has 0 aliphatic heterocycles. The molecule has 25 heavy (non-hydrogen) atoms. The molecular formula is C18H22N4O3. The normalized spacial score (nSPS) is 14.8. The third-order valence-corrected chi connectivity index (χ3v) is 4.39. The Hall–Kier alpha value is -2.83. The lowest BCUT2D eigenvalue weighted by atomic mass is 10.1. The maximum atomic E-state index is 12.2. The number of aliphatic carboxylic acids is 1. The van der Waals surface area contributed by atoms with E-state index in [0.717, 1.165) is 5.69 Å². The van der Waals surface area contributed by atoms with Crippen molar-refractivity contribution in [2.24, 2.45) is 5.92 Å². The predicted molar refractivity (Wildman–Crippen MR) is 94.8 cm³/mol. The minimum Gasteiger partial charge on any atom is -0.481 e. The molecule has 1 aliphatic rings. The molecular weight excluding hydrogens is 320 g/mol. The number of aromatic nitrogens is 2. The Labute approximate surface area is 146 Å². The van der Waals surface area contributed by atoms with E-state index >= 15 is 0 Å². The summed E-state index contributed by atoms with van der Waals surface area (Å²) in [5.41, 5.74) is 2.18. The van der Waals surface area contributed by atoms with Gasteiger partial charge in [0.1, 0.15) is 0 Å². The average molecular weight is 342 g/mol. The molecule has 132 valence electrons. The van der Waals surface area contributed by atoms with Crippen molar-refractivity contribution in [1.29, 1.82) is 0 Å². The number of amides is 2. The van der Waals surface area contributed by atoms with E-state index in [9.17, 15) is 9.59 Å². The van der Waals surface area contributed by atoms with E-state index < -0.39 is 12.0 Å². The van der Waals surface area contributed by atoms with Gasteiger partial charge in [-0.1, -0.05) is 12.1 Å². The second-order valence-corrected chi connectivity index (χ2v) is 6.54. The zero-order valence-electron chi connectivity index (χ0n) is 14.3. The molecule has 7 nitrogen and oxygen atoms in total. The molecule has 3 N–H and O–H groups in total. The first-order chi connectivity index (χ1) is 11.9. The minimum atomic E-state index is -0.910. The molecule has 1 aliphatic carbocycles. The van der Waals surface area contributed by atoms with E-state index in [0.29, 0.717) is 29.0 Å². The van der Waals surface area contributed by atoms with Gasteiger partial charge in [-0.05, 0) is 50.3 Å². The van der Waals surface area contributed by atoms with Gasteiger partial charge in [0.05, 0.1) is 12.5 Å². The summed E-state index contributed by atoms with van der Waals surface area (Å²) in [5, 5.41) is 18.7. The van der Waals surface area contributed by atoms with Crippen molar-refractivity contribution < 1.29 is 14.7 Å². The van der Waals surface area contributed by atoms with Crippen molar-refractivity contribution in [2.75, 3.05) is 10.6 Å². The van der Waals surface area contributed by atoms with Crippen molar-refractivity contribution in [2.45, 2.75) is 39.2 Å². The Morgan fingerprint density at radius 2 is 2.08 bits per heavy atom. The lowest BCUT2D eigenvalue weighted by Crippen LogP contribution is -2.20. The van der Waals surface area contributed by atoms with Gasteiger partial charge in [0.2, 0.25) is 0 Å². The molecule has 3 rings (SSSR count). The number of benzene rings is 1. The summed E-state index contributed by atoms with van der Waals surface area (Å²) in [6.45, 7) is 4.12. The number of carbonyl (C=O) groups is 2. The van der Waals surface area contributed by atoms with Gasteiger partial charge in [0.25, 0.3) is 0 Å². The van der Waals surface area contributed by atoms with Crippen molar-refractivity contribution >= 4 is 23.5 Å². The van der Waals surface area contributed by atoms with E-state index in [1.807, 2.05) is 17.7 Å². The van der Waals surface area contributed by atoms with Crippen molar-refractivity contribution in [3.8, 4) is 0 Å². The van der Waals surface area contributed by atoms with Gasteiger partial charge < -0.3 is 10.4 Å². The molecule has 0 spiro atoms. The summed E-state index contributed by atoms with van der Waals surface area (Å²) in [6, 6.07) is 8.56.